The van der Waals surface area contributed by atoms with Crippen LogP contribution in [0.5, 0.6) is 5.75 Å². The Kier molecular flexibility index (Phi) is 5.52. The van der Waals surface area contributed by atoms with E-state index in [1.165, 1.54) is 0 Å². The summed E-state index contributed by atoms with van der Waals surface area (Å²) in [6, 6.07) is 3.40. The predicted molar refractivity (Wildman–Crippen MR) is 76.1 cm³/mol. The zero-order valence-corrected chi connectivity index (χ0v) is 12.0. The normalized spacial score (nSPS) is 11.8. The topological polar surface area (TPSA) is 107 Å². The number of hydrogen-bond acceptors (Lipinski definition) is 4. The molecule has 6 heteroatoms. The second-order valence-corrected chi connectivity index (χ2v) is 4.84. The van der Waals surface area contributed by atoms with E-state index in [1.807, 2.05) is 20.8 Å². The van der Waals surface area contributed by atoms with E-state index < -0.39 is 5.91 Å². The Hall–Kier alpha value is -2.08. The van der Waals surface area contributed by atoms with Crippen LogP contribution in [0.4, 0.5) is 0 Å². The molecule has 6 nitrogen and oxygen atoms in total. The highest BCUT2D eigenvalue weighted by Crippen LogP contribution is 2.26. The summed E-state index contributed by atoms with van der Waals surface area (Å²) in [5.41, 5.74) is 9.49. The molecule has 0 aliphatic heterocycles. The van der Waals surface area contributed by atoms with Crippen LogP contribution in [0.25, 0.3) is 0 Å². The first kappa shape index (κ1) is 16.0. The quantitative estimate of drug-likeness (QED) is 0.409. The summed E-state index contributed by atoms with van der Waals surface area (Å²) >= 11 is 0. The number of amides is 2. The molecule has 20 heavy (non-hydrogen) atoms. The van der Waals surface area contributed by atoms with Crippen molar-refractivity contribution in [3.63, 3.8) is 0 Å². The first-order chi connectivity index (χ1) is 9.35. The van der Waals surface area contributed by atoms with Crippen molar-refractivity contribution in [3.8, 4) is 5.75 Å². The van der Waals surface area contributed by atoms with Gasteiger partial charge in [-0.25, -0.2) is 5.84 Å². The second-order valence-electron chi connectivity index (χ2n) is 4.84. The molecule has 0 radical (unpaired) electrons. The highest BCUT2D eigenvalue weighted by molar-refractivity contribution is 5.93. The highest BCUT2D eigenvalue weighted by Gasteiger charge is 2.13. The summed E-state index contributed by atoms with van der Waals surface area (Å²) in [5.74, 6) is 5.05. The fraction of sp³-hybridized carbons (Fsp3) is 0.429. The standard InChI is InChI=1S/C14H21N3O3/c1-8-6-11(14(15)19)7-9(2)13(8)20-10(3)4-5-12(18)17-16/h6-7,10H,4-5,16H2,1-3H3,(H2,15,19)(H,17,18). The van der Waals surface area contributed by atoms with Gasteiger partial charge in [0.25, 0.3) is 0 Å². The third-order valence-corrected chi connectivity index (χ3v) is 3.00. The average molecular weight is 279 g/mol. The van der Waals surface area contributed by atoms with Crippen molar-refractivity contribution in [3.05, 3.63) is 28.8 Å². The number of hydrogen-bond donors (Lipinski definition) is 3. The zero-order valence-electron chi connectivity index (χ0n) is 12.0. The van der Waals surface area contributed by atoms with Crippen LogP contribution in [-0.4, -0.2) is 17.9 Å². The van der Waals surface area contributed by atoms with E-state index in [4.69, 9.17) is 16.3 Å². The van der Waals surface area contributed by atoms with Gasteiger partial charge in [-0.1, -0.05) is 0 Å². The lowest BCUT2D eigenvalue weighted by molar-refractivity contribution is -0.121. The minimum absolute atomic E-state index is 0.135. The van der Waals surface area contributed by atoms with Gasteiger partial charge in [-0.05, 0) is 50.5 Å². The number of nitrogens with two attached hydrogens (primary N) is 2. The van der Waals surface area contributed by atoms with Crippen LogP contribution in [0, 0.1) is 13.8 Å². The van der Waals surface area contributed by atoms with Crippen molar-refractivity contribution in [1.82, 2.24) is 5.43 Å². The smallest absolute Gasteiger partial charge is 0.248 e. The van der Waals surface area contributed by atoms with Crippen LogP contribution in [0.15, 0.2) is 12.1 Å². The molecule has 0 fully saturated rings. The largest absolute Gasteiger partial charge is 0.490 e. The molecule has 0 heterocycles. The maximum absolute atomic E-state index is 11.2. The lowest BCUT2D eigenvalue weighted by atomic mass is 10.0. The Morgan fingerprint density at radius 2 is 1.85 bits per heavy atom. The molecular weight excluding hydrogens is 258 g/mol. The fourth-order valence-corrected chi connectivity index (χ4v) is 1.95. The van der Waals surface area contributed by atoms with Crippen LogP contribution in [0.3, 0.4) is 0 Å². The molecule has 110 valence electrons. The van der Waals surface area contributed by atoms with Gasteiger partial charge >= 0.3 is 0 Å². The van der Waals surface area contributed by atoms with Gasteiger partial charge < -0.3 is 10.5 Å². The van der Waals surface area contributed by atoms with Crippen LogP contribution >= 0.6 is 0 Å². The van der Waals surface area contributed by atoms with Gasteiger partial charge in [0, 0.05) is 12.0 Å². The minimum atomic E-state index is -0.463. The Morgan fingerprint density at radius 1 is 1.30 bits per heavy atom. The number of ether oxygens (including phenoxy) is 1. The molecule has 1 unspecified atom stereocenters. The lowest BCUT2D eigenvalue weighted by Crippen LogP contribution is -2.30. The van der Waals surface area contributed by atoms with Gasteiger partial charge in [-0.3, -0.25) is 15.0 Å². The van der Waals surface area contributed by atoms with E-state index in [-0.39, 0.29) is 12.0 Å². The Morgan fingerprint density at radius 3 is 2.30 bits per heavy atom. The van der Waals surface area contributed by atoms with E-state index in [0.717, 1.165) is 16.9 Å². The number of carbonyl (C=O) groups excluding carboxylic acids is 2. The van der Waals surface area contributed by atoms with Crippen LogP contribution in [-0.2, 0) is 4.79 Å². The summed E-state index contributed by atoms with van der Waals surface area (Å²) in [4.78, 5) is 22.3. The highest BCUT2D eigenvalue weighted by atomic mass is 16.5. The van der Waals surface area contributed by atoms with Crippen molar-refractivity contribution in [2.24, 2.45) is 11.6 Å². The first-order valence-corrected chi connectivity index (χ1v) is 6.42. The third kappa shape index (κ3) is 4.24. The van der Waals surface area contributed by atoms with Gasteiger partial charge in [-0.15, -0.1) is 0 Å². The van der Waals surface area contributed by atoms with Crippen molar-refractivity contribution in [1.29, 1.82) is 0 Å². The first-order valence-electron chi connectivity index (χ1n) is 6.42. The van der Waals surface area contributed by atoms with Crippen LogP contribution in [0.2, 0.25) is 0 Å². The third-order valence-electron chi connectivity index (χ3n) is 3.00. The number of hydrazine groups is 1. The molecule has 1 atom stereocenters. The number of benzene rings is 1. The lowest BCUT2D eigenvalue weighted by Gasteiger charge is -2.18. The zero-order chi connectivity index (χ0) is 15.3. The molecule has 1 aromatic rings. The van der Waals surface area contributed by atoms with Crippen LogP contribution in [0.1, 0.15) is 41.3 Å². The Labute approximate surface area is 118 Å². The molecule has 2 amide bonds. The molecule has 0 bridgehead atoms. The second kappa shape index (κ2) is 6.91. The minimum Gasteiger partial charge on any atom is -0.490 e. The maximum Gasteiger partial charge on any atom is 0.248 e. The molecule has 5 N–H and O–H groups in total. The molecule has 1 aromatic carbocycles. The fourth-order valence-electron chi connectivity index (χ4n) is 1.95. The number of rotatable bonds is 6. The molecule has 0 aliphatic carbocycles. The van der Waals surface area contributed by atoms with Crippen molar-refractivity contribution in [2.75, 3.05) is 0 Å². The SMILES string of the molecule is Cc1cc(C(N)=O)cc(C)c1OC(C)CCC(=O)NN. The Bertz CT molecular complexity index is 491. The van der Waals surface area contributed by atoms with E-state index >= 15 is 0 Å². The van der Waals surface area contributed by atoms with Gasteiger partial charge in [0.1, 0.15) is 5.75 Å². The van der Waals surface area contributed by atoms with Gasteiger partial charge in [0.15, 0.2) is 0 Å². The van der Waals surface area contributed by atoms with E-state index in [9.17, 15) is 9.59 Å². The summed E-state index contributed by atoms with van der Waals surface area (Å²) < 4.78 is 5.83. The number of primary amides is 1. The van der Waals surface area contributed by atoms with Crippen molar-refractivity contribution >= 4 is 11.8 Å². The van der Waals surface area contributed by atoms with Gasteiger partial charge in [0.2, 0.25) is 11.8 Å². The van der Waals surface area contributed by atoms with Crippen LogP contribution < -0.4 is 21.7 Å². The number of aryl methyl sites for hydroxylation is 2. The number of carbonyl (C=O) groups is 2. The average Bonchev–Trinajstić information content (AvgIpc) is 2.39. The Balaban J connectivity index is 2.77. The molecule has 0 saturated carbocycles. The molecule has 0 aromatic heterocycles. The van der Waals surface area contributed by atoms with E-state index in [2.05, 4.69) is 5.43 Å². The monoisotopic (exact) mass is 279 g/mol. The molecule has 0 spiro atoms. The summed E-state index contributed by atoms with van der Waals surface area (Å²) in [6.45, 7) is 5.59. The predicted octanol–water partition coefficient (Wildman–Crippen LogP) is 0.940. The van der Waals surface area contributed by atoms with Crippen molar-refractivity contribution in [2.45, 2.75) is 39.7 Å². The summed E-state index contributed by atoms with van der Waals surface area (Å²) in [7, 11) is 0. The molecule has 1 rings (SSSR count). The van der Waals surface area contributed by atoms with Gasteiger partial charge in [-0.2, -0.15) is 0 Å². The molecule has 0 aliphatic rings. The summed E-state index contributed by atoms with van der Waals surface area (Å²) in [5, 5.41) is 0. The summed E-state index contributed by atoms with van der Waals surface area (Å²) in [6.07, 6.45) is 0.721. The maximum atomic E-state index is 11.2. The van der Waals surface area contributed by atoms with Crippen molar-refractivity contribution < 1.29 is 14.3 Å². The molecule has 0 saturated heterocycles. The molecular formula is C14H21N3O3. The van der Waals surface area contributed by atoms with Gasteiger partial charge in [0.05, 0.1) is 6.10 Å². The number of nitrogens with one attached hydrogen (secondary N) is 1. The van der Waals surface area contributed by atoms with E-state index in [0.29, 0.717) is 18.4 Å². The van der Waals surface area contributed by atoms with E-state index in [1.54, 1.807) is 12.1 Å².